The molecule has 3 aromatic carbocycles. The number of phenols is 3. The molecule has 14 heteroatoms. The number of rotatable bonds is 9. The van der Waals surface area contributed by atoms with Crippen LogP contribution in [0.3, 0.4) is 0 Å². The number of benzene rings is 3. The number of phenolic OH excluding ortho intramolecular Hbond substituents is 3. The maximum absolute atomic E-state index is 10.4. The fourth-order valence-corrected chi connectivity index (χ4v) is 3.22. The predicted octanol–water partition coefficient (Wildman–Crippen LogP) is 4.58. The van der Waals surface area contributed by atoms with Crippen LogP contribution in [0.1, 0.15) is 11.4 Å². The van der Waals surface area contributed by atoms with Crippen LogP contribution < -0.4 is 24.8 Å². The number of nitrogens with zero attached hydrogens (tertiary/aromatic N) is 3. The molecule has 0 aliphatic carbocycles. The fourth-order valence-electron chi connectivity index (χ4n) is 3.22. The molecule has 0 aliphatic rings. The van der Waals surface area contributed by atoms with Crippen LogP contribution in [0.15, 0.2) is 54.6 Å². The third-order valence-corrected chi connectivity index (χ3v) is 5.02. The van der Waals surface area contributed by atoms with Gasteiger partial charge < -0.3 is 40.2 Å². The maximum Gasteiger partial charge on any atom is 0.232 e. The molecular weight excluding hydrogens is 1270 g/mol. The molecule has 4 rings (SSSR count). The number of nitrogens with one attached hydrogen (secondary N) is 2. The first-order chi connectivity index (χ1) is 17.4. The number of ether oxygens (including phenoxy) is 3. The van der Waals surface area contributed by atoms with Gasteiger partial charge in [-0.3, -0.25) is 0 Å². The van der Waals surface area contributed by atoms with Gasteiger partial charge >= 0.3 is 0 Å². The zero-order valence-corrected chi connectivity index (χ0v) is 40.3. The summed E-state index contributed by atoms with van der Waals surface area (Å²) in [7, 11) is 9.95. The van der Waals surface area contributed by atoms with Crippen molar-refractivity contribution in [2.75, 3.05) is 10.6 Å². The molecule has 192 valence electrons. The van der Waals surface area contributed by atoms with Gasteiger partial charge in [-0.15, -0.1) is 0 Å². The molecule has 0 spiro atoms. The minimum atomic E-state index is -0.115. The zero-order valence-electron chi connectivity index (χ0n) is 21.1. The molecule has 0 bridgehead atoms. The molecule has 0 atom stereocenters. The van der Waals surface area contributed by atoms with Gasteiger partial charge in [0.1, 0.15) is 23.1 Å². The van der Waals surface area contributed by atoms with Crippen molar-refractivity contribution in [3.63, 3.8) is 0 Å². The molecule has 1 aromatic heterocycles. The Bertz CT molecular complexity index is 1220. The van der Waals surface area contributed by atoms with Crippen LogP contribution in [0, 0.1) is 21.3 Å². The van der Waals surface area contributed by atoms with Gasteiger partial charge in [-0.25, -0.2) is 0 Å². The Morgan fingerprint density at radius 2 is 1.00 bits per heavy atom. The molecule has 5 N–H and O–H groups in total. The van der Waals surface area contributed by atoms with E-state index in [2.05, 4.69) is 46.9 Å². The minimum Gasteiger partial charge on any atom is -0.665 e. The summed E-state index contributed by atoms with van der Waals surface area (Å²) in [6.45, 7) is 0. The van der Waals surface area contributed by atoms with E-state index in [4.69, 9.17) is 14.2 Å². The van der Waals surface area contributed by atoms with E-state index in [9.17, 15) is 15.3 Å². The normalized spacial score (nSPS) is 9.72. The maximum atomic E-state index is 10.4. The van der Waals surface area contributed by atoms with E-state index >= 15 is 0 Å². The van der Waals surface area contributed by atoms with Crippen LogP contribution in [0.5, 0.6) is 34.5 Å². The van der Waals surface area contributed by atoms with Gasteiger partial charge in [-0.2, -0.15) is 36.3 Å². The standard InChI is InChI=1S/C25H22N5O6.3Rf/c1-34-15-5-4-14(20(31)11-15)10-23-28-24(26-18-8-6-16(35-2)12-21(18)32)30-25(29-23)27-19-9-7-17(36-3)13-22(19)33;;;/h4-9,11-13,31-33H,1-3,10H2,(H2,26,27,28,29,30);;;/q-3;;;. The van der Waals surface area contributed by atoms with E-state index in [1.54, 1.807) is 36.4 Å². The molecule has 39 heavy (non-hydrogen) atoms. The van der Waals surface area contributed by atoms with E-state index in [-0.39, 0.29) is 41.4 Å². The topological polar surface area (TPSA) is 151 Å². The van der Waals surface area contributed by atoms with E-state index in [1.807, 2.05) is 0 Å². The summed E-state index contributed by atoms with van der Waals surface area (Å²) in [4.78, 5) is 13.2. The SMILES string of the molecule is [CH2-]Oc1ccc(Cc2nc(Nc3ccc(O[CH2-])cc3O)nc(Nc3ccc(O[CH2-])cc3O)n2)c(O)c1.[Rf].[Rf].[Rf]. The Morgan fingerprint density at radius 3 is 1.38 bits per heavy atom. The largest absolute Gasteiger partial charge is 0.665 e. The first-order valence-electron chi connectivity index (χ1n) is 10.4. The molecule has 0 unspecified atom stereocenters. The first kappa shape index (κ1) is 29.1. The third kappa shape index (κ3) is 6.35. The van der Waals surface area contributed by atoms with Crippen molar-refractivity contribution in [2.24, 2.45) is 0 Å². The molecule has 0 saturated carbocycles. The van der Waals surface area contributed by atoms with Crippen LogP contribution >= 0.6 is 0 Å². The Hall–Kier alpha value is -7.93. The predicted molar refractivity (Wildman–Crippen MR) is 131 cm³/mol. The number of hydrogen-bond acceptors (Lipinski definition) is 11. The molecule has 11 nitrogen and oxygen atoms in total. The Balaban J connectivity index is 0.00000253. The molecule has 0 radical (unpaired) electrons. The smallest absolute Gasteiger partial charge is 0.232 e. The molecular formula is C25H22N5O6Rf3-3. The van der Waals surface area contributed by atoms with Crippen molar-refractivity contribution in [3.8, 4) is 34.5 Å². The van der Waals surface area contributed by atoms with Crippen molar-refractivity contribution < 1.29 is 29.5 Å². The van der Waals surface area contributed by atoms with Crippen molar-refractivity contribution in [1.29, 1.82) is 0 Å². The van der Waals surface area contributed by atoms with Gasteiger partial charge in [0.25, 0.3) is 0 Å². The van der Waals surface area contributed by atoms with E-state index in [0.29, 0.717) is 34.2 Å². The molecule has 0 aliphatic heterocycles. The summed E-state index contributed by atoms with van der Waals surface area (Å²) >= 11 is 0. The Kier molecular flexibility index (Phi) is 8.93. The second kappa shape index (κ2) is 12.0. The van der Waals surface area contributed by atoms with Gasteiger partial charge in [-0.05, 0) is 30.3 Å². The monoisotopic (exact) mass is 1290 g/mol. The summed E-state index contributed by atoms with van der Waals surface area (Å²) in [6.07, 6.45) is 0.135. The van der Waals surface area contributed by atoms with Crippen molar-refractivity contribution in [3.05, 3.63) is 87.3 Å². The third-order valence-electron chi connectivity index (χ3n) is 5.02. The molecule has 1 heterocycles. The summed E-state index contributed by atoms with van der Waals surface area (Å²) < 4.78 is 14.6. The molecule has 4 aromatic rings. The van der Waals surface area contributed by atoms with Gasteiger partial charge in [0.15, 0.2) is 0 Å². The number of hydrogen-bond donors (Lipinski definition) is 5. The van der Waals surface area contributed by atoms with Crippen LogP contribution in [-0.4, -0.2) is 30.3 Å². The van der Waals surface area contributed by atoms with E-state index in [1.165, 1.54) is 18.2 Å². The van der Waals surface area contributed by atoms with E-state index in [0.717, 1.165) is 0 Å². The average molecular weight is 1290 g/mol. The number of aromatic nitrogens is 3. The van der Waals surface area contributed by atoms with Gasteiger partial charge in [0, 0.05) is 30.2 Å². The fraction of sp³-hybridized carbons (Fsp3) is 0.0400. The average Bonchev–Trinajstić information content (AvgIpc) is 2.87. The summed E-state index contributed by atoms with van der Waals surface area (Å²) in [5, 5.41) is 36.8. The summed E-state index contributed by atoms with van der Waals surface area (Å²) in [5.41, 5.74) is 1.13. The molecule has 0 fully saturated rings. The van der Waals surface area contributed by atoms with Crippen LogP contribution in [-0.2, 0) is 6.42 Å². The zero-order chi connectivity index (χ0) is 25.7. The number of aromatic hydroxyl groups is 3. The van der Waals surface area contributed by atoms with Crippen molar-refractivity contribution >= 4 is 23.3 Å². The van der Waals surface area contributed by atoms with Gasteiger partial charge in [0.2, 0.25) is 11.9 Å². The van der Waals surface area contributed by atoms with Crippen LogP contribution in [0.25, 0.3) is 0 Å². The number of anilines is 4. The summed E-state index contributed by atoms with van der Waals surface area (Å²) in [5.74, 6) is 1.34. The van der Waals surface area contributed by atoms with Crippen molar-refractivity contribution in [1.82, 2.24) is 15.0 Å². The summed E-state index contributed by atoms with van der Waals surface area (Å²) in [6, 6.07) is 13.8. The minimum absolute atomic E-state index is 0. The first-order valence-corrected chi connectivity index (χ1v) is 10.4. The van der Waals surface area contributed by atoms with Crippen LogP contribution in [0.4, 0.5) is 23.3 Å². The second-order valence-electron chi connectivity index (χ2n) is 7.41. The van der Waals surface area contributed by atoms with Gasteiger partial charge in [0.05, 0.1) is 28.6 Å². The Morgan fingerprint density at radius 1 is 0.590 bits per heavy atom. The van der Waals surface area contributed by atoms with Gasteiger partial charge in [-0.1, -0.05) is 6.07 Å². The van der Waals surface area contributed by atoms with Crippen LogP contribution in [0.2, 0.25) is 0 Å². The van der Waals surface area contributed by atoms with Crippen molar-refractivity contribution in [2.45, 2.75) is 6.42 Å². The second-order valence-corrected chi connectivity index (χ2v) is 7.41. The quantitative estimate of drug-likeness (QED) is 0.119. The van der Waals surface area contributed by atoms with E-state index < -0.39 is 0 Å². The Labute approximate surface area is 207 Å². The molecule has 0 amide bonds. The molecule has 0 saturated heterocycles.